The topological polar surface area (TPSA) is 61.4 Å². The molecule has 2 N–H and O–H groups in total. The van der Waals surface area contributed by atoms with E-state index < -0.39 is 5.41 Å². The molecule has 2 aromatic rings. The van der Waals surface area contributed by atoms with Crippen LogP contribution < -0.4 is 15.5 Å². The fourth-order valence-electron chi connectivity index (χ4n) is 3.58. The van der Waals surface area contributed by atoms with Crippen molar-refractivity contribution in [2.45, 2.75) is 52.6 Å². The number of benzene rings is 2. The first-order valence-electron chi connectivity index (χ1n) is 10.4. The smallest absolute Gasteiger partial charge is 0.253 e. The van der Waals surface area contributed by atoms with E-state index in [9.17, 15) is 9.59 Å². The lowest BCUT2D eigenvalue weighted by Gasteiger charge is -2.32. The lowest BCUT2D eigenvalue weighted by molar-refractivity contribution is -0.123. The highest BCUT2D eigenvalue weighted by molar-refractivity contribution is 6.02. The van der Waals surface area contributed by atoms with Gasteiger partial charge in [0.1, 0.15) is 0 Å². The number of hydrogen-bond acceptors (Lipinski definition) is 3. The maximum atomic E-state index is 13.0. The first-order valence-corrected chi connectivity index (χ1v) is 10.4. The first-order chi connectivity index (χ1) is 13.8. The highest BCUT2D eigenvalue weighted by Gasteiger charge is 2.28. The van der Waals surface area contributed by atoms with E-state index in [2.05, 4.69) is 39.8 Å². The van der Waals surface area contributed by atoms with Crippen LogP contribution in [0.25, 0.3) is 0 Å². The zero-order chi connectivity index (χ0) is 20.6. The molecule has 2 aliphatic rings. The second kappa shape index (κ2) is 7.54. The normalized spacial score (nSPS) is 16.2. The Kier molecular flexibility index (Phi) is 5.07. The molecule has 5 nitrogen and oxygen atoms in total. The maximum absolute atomic E-state index is 13.0. The molecule has 1 fully saturated rings. The summed E-state index contributed by atoms with van der Waals surface area (Å²) in [5.41, 5.74) is 4.40. The number of nitrogens with one attached hydrogen (secondary N) is 2. The molecule has 0 aromatic heterocycles. The van der Waals surface area contributed by atoms with Gasteiger partial charge >= 0.3 is 0 Å². The first kappa shape index (κ1) is 19.5. The van der Waals surface area contributed by atoms with Crippen LogP contribution in [-0.2, 0) is 17.8 Å². The van der Waals surface area contributed by atoms with Crippen LogP contribution in [0.5, 0.6) is 0 Å². The van der Waals surface area contributed by atoms with E-state index in [4.69, 9.17) is 0 Å². The summed E-state index contributed by atoms with van der Waals surface area (Å²) in [6, 6.07) is 14.4. The molecule has 2 aromatic carbocycles. The van der Waals surface area contributed by atoms with Crippen LogP contribution in [0, 0.1) is 5.41 Å². The summed E-state index contributed by atoms with van der Waals surface area (Å²) in [5, 5.41) is 6.06. The Morgan fingerprint density at radius 2 is 1.76 bits per heavy atom. The van der Waals surface area contributed by atoms with E-state index in [0.717, 1.165) is 38.0 Å². The number of carbonyl (C=O) groups excluding carboxylic acids is 2. The SMILES string of the molecule is CC(C)(C)C(=O)Nc1ccc(N2CCc3ccccc3C2)c(C(=O)NC2CC2)c1. The number of fused-ring (bicyclic) bond motifs is 1. The number of carbonyl (C=O) groups is 2. The Bertz CT molecular complexity index is 941. The molecule has 0 unspecified atom stereocenters. The largest absolute Gasteiger partial charge is 0.366 e. The molecule has 1 aliphatic carbocycles. The standard InChI is InChI=1S/C24H29N3O2/c1-24(2,3)23(29)26-19-10-11-21(20(14-19)22(28)25-18-8-9-18)27-13-12-16-6-4-5-7-17(16)15-27/h4-7,10-11,14,18H,8-9,12-13,15H2,1-3H3,(H,25,28)(H,26,29). The second-order valence-corrected chi connectivity index (χ2v) is 9.12. The monoisotopic (exact) mass is 391 g/mol. The quantitative estimate of drug-likeness (QED) is 0.824. The average Bonchev–Trinajstić information content (AvgIpc) is 3.51. The summed E-state index contributed by atoms with van der Waals surface area (Å²) in [5.74, 6) is -0.126. The van der Waals surface area contributed by atoms with Crippen LogP contribution in [0.4, 0.5) is 11.4 Å². The molecule has 0 bridgehead atoms. The molecule has 152 valence electrons. The van der Waals surface area contributed by atoms with Gasteiger partial charge in [-0.3, -0.25) is 9.59 Å². The second-order valence-electron chi connectivity index (χ2n) is 9.12. The van der Waals surface area contributed by atoms with Crippen molar-refractivity contribution in [3.05, 3.63) is 59.2 Å². The Balaban J connectivity index is 1.63. The average molecular weight is 392 g/mol. The minimum Gasteiger partial charge on any atom is -0.366 e. The summed E-state index contributed by atoms with van der Waals surface area (Å²) < 4.78 is 0. The molecular formula is C24H29N3O2. The van der Waals surface area contributed by atoms with Gasteiger partial charge in [0, 0.05) is 35.9 Å². The lowest BCUT2D eigenvalue weighted by Crippen LogP contribution is -2.34. The van der Waals surface area contributed by atoms with Crippen LogP contribution in [0.15, 0.2) is 42.5 Å². The van der Waals surface area contributed by atoms with Crippen molar-refractivity contribution < 1.29 is 9.59 Å². The lowest BCUT2D eigenvalue weighted by atomic mass is 9.95. The van der Waals surface area contributed by atoms with Crippen molar-refractivity contribution in [3.8, 4) is 0 Å². The molecule has 29 heavy (non-hydrogen) atoms. The third kappa shape index (κ3) is 4.44. The van der Waals surface area contributed by atoms with Crippen molar-refractivity contribution in [2.75, 3.05) is 16.8 Å². The van der Waals surface area contributed by atoms with E-state index in [1.165, 1.54) is 11.1 Å². The van der Waals surface area contributed by atoms with E-state index in [-0.39, 0.29) is 17.9 Å². The van der Waals surface area contributed by atoms with Gasteiger partial charge in [0.15, 0.2) is 0 Å². The molecule has 1 aliphatic heterocycles. The van der Waals surface area contributed by atoms with Crippen molar-refractivity contribution >= 4 is 23.2 Å². The molecule has 4 rings (SSSR count). The van der Waals surface area contributed by atoms with Gasteiger partial charge in [0.2, 0.25) is 5.91 Å². The molecular weight excluding hydrogens is 362 g/mol. The third-order valence-electron chi connectivity index (χ3n) is 5.56. The summed E-state index contributed by atoms with van der Waals surface area (Å²) >= 11 is 0. The number of rotatable bonds is 4. The van der Waals surface area contributed by atoms with E-state index in [1.807, 2.05) is 39.0 Å². The molecule has 0 spiro atoms. The fraction of sp³-hybridized carbons (Fsp3) is 0.417. The van der Waals surface area contributed by atoms with Gasteiger partial charge in [-0.15, -0.1) is 0 Å². The van der Waals surface area contributed by atoms with Gasteiger partial charge in [-0.1, -0.05) is 45.0 Å². The van der Waals surface area contributed by atoms with Gasteiger partial charge in [-0.05, 0) is 48.6 Å². The Hall–Kier alpha value is -2.82. The predicted molar refractivity (Wildman–Crippen MR) is 116 cm³/mol. The van der Waals surface area contributed by atoms with Gasteiger partial charge in [0.25, 0.3) is 5.91 Å². The minimum absolute atomic E-state index is 0.0618. The molecule has 2 amide bonds. The summed E-state index contributed by atoms with van der Waals surface area (Å²) in [7, 11) is 0. The van der Waals surface area contributed by atoms with Crippen LogP contribution >= 0.6 is 0 Å². The molecule has 0 atom stereocenters. The third-order valence-corrected chi connectivity index (χ3v) is 5.56. The minimum atomic E-state index is -0.494. The van der Waals surface area contributed by atoms with E-state index in [1.54, 1.807) is 0 Å². The maximum Gasteiger partial charge on any atom is 0.253 e. The van der Waals surface area contributed by atoms with Crippen molar-refractivity contribution in [1.29, 1.82) is 0 Å². The molecule has 0 saturated heterocycles. The Labute approximate surface area is 172 Å². The zero-order valence-corrected chi connectivity index (χ0v) is 17.4. The number of hydrogen-bond donors (Lipinski definition) is 2. The summed E-state index contributed by atoms with van der Waals surface area (Å²) in [6.07, 6.45) is 3.04. The number of anilines is 2. The van der Waals surface area contributed by atoms with Crippen molar-refractivity contribution in [1.82, 2.24) is 5.32 Å². The predicted octanol–water partition coefficient (Wildman–Crippen LogP) is 4.13. The highest BCUT2D eigenvalue weighted by atomic mass is 16.2. The van der Waals surface area contributed by atoms with Gasteiger partial charge in [0.05, 0.1) is 5.56 Å². The van der Waals surface area contributed by atoms with Crippen molar-refractivity contribution in [3.63, 3.8) is 0 Å². The van der Waals surface area contributed by atoms with Gasteiger partial charge in [-0.25, -0.2) is 0 Å². The zero-order valence-electron chi connectivity index (χ0n) is 17.4. The molecule has 0 radical (unpaired) electrons. The highest BCUT2D eigenvalue weighted by Crippen LogP contribution is 2.31. The van der Waals surface area contributed by atoms with Gasteiger partial charge < -0.3 is 15.5 Å². The Morgan fingerprint density at radius 1 is 1.03 bits per heavy atom. The van der Waals surface area contributed by atoms with E-state index in [0.29, 0.717) is 11.3 Å². The summed E-state index contributed by atoms with van der Waals surface area (Å²) in [6.45, 7) is 7.29. The Morgan fingerprint density at radius 3 is 2.45 bits per heavy atom. The van der Waals surface area contributed by atoms with E-state index >= 15 is 0 Å². The molecule has 1 heterocycles. The number of amides is 2. The van der Waals surface area contributed by atoms with Crippen molar-refractivity contribution in [2.24, 2.45) is 5.41 Å². The van der Waals surface area contributed by atoms with Crippen LogP contribution in [-0.4, -0.2) is 24.4 Å². The molecule has 5 heteroatoms. The fourth-order valence-corrected chi connectivity index (χ4v) is 3.58. The van der Waals surface area contributed by atoms with Crippen LogP contribution in [0.1, 0.15) is 55.1 Å². The van der Waals surface area contributed by atoms with Gasteiger partial charge in [-0.2, -0.15) is 0 Å². The van der Waals surface area contributed by atoms with Crippen LogP contribution in [0.2, 0.25) is 0 Å². The number of nitrogens with zero attached hydrogens (tertiary/aromatic N) is 1. The van der Waals surface area contributed by atoms with Crippen LogP contribution in [0.3, 0.4) is 0 Å². The summed E-state index contributed by atoms with van der Waals surface area (Å²) in [4.78, 5) is 27.7. The molecule has 1 saturated carbocycles.